The molecule has 138 valence electrons. The molecule has 26 heavy (non-hydrogen) atoms. The van der Waals surface area contributed by atoms with Gasteiger partial charge in [0.25, 0.3) is 0 Å². The smallest absolute Gasteiger partial charge is 0.240 e. The molecule has 2 rings (SSSR count). The van der Waals surface area contributed by atoms with E-state index >= 15 is 0 Å². The van der Waals surface area contributed by atoms with Crippen LogP contribution in [0.1, 0.15) is 43.7 Å². The van der Waals surface area contributed by atoms with Gasteiger partial charge in [-0.15, -0.1) is 0 Å². The Morgan fingerprint density at radius 1 is 1.12 bits per heavy atom. The largest absolute Gasteiger partial charge is 0.493 e. The van der Waals surface area contributed by atoms with Gasteiger partial charge in [0.05, 0.1) is 13.3 Å². The summed E-state index contributed by atoms with van der Waals surface area (Å²) >= 11 is 0. The number of ether oxygens (including phenoxy) is 2. The van der Waals surface area contributed by atoms with Gasteiger partial charge in [-0.1, -0.05) is 50.1 Å². The standard InChI is InChI=1S/C21H26N2O3/c1-3-4-6-11-21(24)23-22-15-18-12-13-19(20(14-18)25-2)26-16-17-9-7-5-8-10-17/h5,7-10,12-15H,3-4,6,11,16H2,1-2H3,(H,23,24)/b22-15-. The third-order valence-corrected chi connectivity index (χ3v) is 3.84. The van der Waals surface area contributed by atoms with Crippen LogP contribution in [0.4, 0.5) is 0 Å². The van der Waals surface area contributed by atoms with Gasteiger partial charge in [0.1, 0.15) is 6.61 Å². The van der Waals surface area contributed by atoms with Gasteiger partial charge in [-0.3, -0.25) is 4.79 Å². The number of hydrogen-bond donors (Lipinski definition) is 1. The zero-order valence-corrected chi connectivity index (χ0v) is 15.4. The lowest BCUT2D eigenvalue weighted by Crippen LogP contribution is -2.16. The predicted molar refractivity (Wildman–Crippen MR) is 104 cm³/mol. The van der Waals surface area contributed by atoms with E-state index in [2.05, 4.69) is 17.5 Å². The van der Waals surface area contributed by atoms with E-state index in [1.807, 2.05) is 48.5 Å². The number of nitrogens with one attached hydrogen (secondary N) is 1. The first-order valence-corrected chi connectivity index (χ1v) is 8.89. The molecule has 0 aliphatic rings. The molecule has 5 nitrogen and oxygen atoms in total. The van der Waals surface area contributed by atoms with E-state index in [0.717, 1.165) is 30.4 Å². The second-order valence-corrected chi connectivity index (χ2v) is 5.93. The number of rotatable bonds is 10. The molecule has 0 aliphatic carbocycles. The average Bonchev–Trinajstić information content (AvgIpc) is 2.68. The van der Waals surface area contributed by atoms with Crippen LogP contribution < -0.4 is 14.9 Å². The van der Waals surface area contributed by atoms with Gasteiger partial charge in [0, 0.05) is 6.42 Å². The van der Waals surface area contributed by atoms with E-state index in [1.165, 1.54) is 0 Å². The molecule has 0 bridgehead atoms. The number of benzene rings is 2. The summed E-state index contributed by atoms with van der Waals surface area (Å²) in [5, 5.41) is 4.00. The van der Waals surface area contributed by atoms with Gasteiger partial charge in [-0.25, -0.2) is 5.43 Å². The van der Waals surface area contributed by atoms with Crippen molar-refractivity contribution in [1.82, 2.24) is 5.43 Å². The summed E-state index contributed by atoms with van der Waals surface area (Å²) in [4.78, 5) is 11.6. The van der Waals surface area contributed by atoms with Crippen LogP contribution >= 0.6 is 0 Å². The molecule has 0 spiro atoms. The predicted octanol–water partition coefficient (Wildman–Crippen LogP) is 4.30. The molecule has 0 saturated heterocycles. The van der Waals surface area contributed by atoms with Crippen LogP contribution in [0.3, 0.4) is 0 Å². The number of unbranched alkanes of at least 4 members (excludes halogenated alkanes) is 2. The first-order chi connectivity index (χ1) is 12.7. The zero-order valence-electron chi connectivity index (χ0n) is 15.4. The fourth-order valence-electron chi connectivity index (χ4n) is 2.39. The molecule has 0 heterocycles. The number of methoxy groups -OCH3 is 1. The second kappa shape index (κ2) is 10.9. The van der Waals surface area contributed by atoms with Crippen LogP contribution in [0.15, 0.2) is 53.6 Å². The van der Waals surface area contributed by atoms with Crippen molar-refractivity contribution >= 4 is 12.1 Å². The normalized spacial score (nSPS) is 10.7. The summed E-state index contributed by atoms with van der Waals surface area (Å²) in [6.45, 7) is 2.58. The van der Waals surface area contributed by atoms with Gasteiger partial charge in [0.15, 0.2) is 11.5 Å². The van der Waals surface area contributed by atoms with Crippen LogP contribution in [-0.2, 0) is 11.4 Å². The highest BCUT2D eigenvalue weighted by molar-refractivity contribution is 5.83. The van der Waals surface area contributed by atoms with Crippen molar-refractivity contribution in [2.45, 2.75) is 39.2 Å². The van der Waals surface area contributed by atoms with E-state index in [1.54, 1.807) is 13.3 Å². The molecule has 2 aromatic carbocycles. The Hall–Kier alpha value is -2.82. The quantitative estimate of drug-likeness (QED) is 0.393. The average molecular weight is 354 g/mol. The van der Waals surface area contributed by atoms with Gasteiger partial charge < -0.3 is 9.47 Å². The van der Waals surface area contributed by atoms with Crippen molar-refractivity contribution in [2.75, 3.05) is 7.11 Å². The lowest BCUT2D eigenvalue weighted by Gasteiger charge is -2.11. The first kappa shape index (κ1) is 19.5. The minimum atomic E-state index is -0.0653. The van der Waals surface area contributed by atoms with Gasteiger partial charge in [-0.2, -0.15) is 5.10 Å². The fourth-order valence-corrected chi connectivity index (χ4v) is 2.39. The SMILES string of the molecule is CCCCCC(=O)N/N=C\c1ccc(OCc2ccccc2)c(OC)c1. The van der Waals surface area contributed by atoms with Gasteiger partial charge in [-0.05, 0) is 35.7 Å². The minimum absolute atomic E-state index is 0.0653. The molecular weight excluding hydrogens is 328 g/mol. The molecule has 0 aliphatic heterocycles. The summed E-state index contributed by atoms with van der Waals surface area (Å²) in [5.74, 6) is 1.22. The Morgan fingerprint density at radius 2 is 1.92 bits per heavy atom. The van der Waals surface area contributed by atoms with Crippen LogP contribution in [0.25, 0.3) is 0 Å². The van der Waals surface area contributed by atoms with E-state index in [-0.39, 0.29) is 5.91 Å². The number of nitrogens with zero attached hydrogens (tertiary/aromatic N) is 1. The Balaban J connectivity index is 1.90. The molecule has 1 N–H and O–H groups in total. The molecule has 2 aromatic rings. The van der Waals surface area contributed by atoms with Gasteiger partial charge in [0.2, 0.25) is 5.91 Å². The first-order valence-electron chi connectivity index (χ1n) is 8.89. The summed E-state index contributed by atoms with van der Waals surface area (Å²) in [6.07, 6.45) is 5.13. The summed E-state index contributed by atoms with van der Waals surface area (Å²) in [6, 6.07) is 15.5. The van der Waals surface area contributed by atoms with Crippen molar-refractivity contribution in [3.63, 3.8) is 0 Å². The molecule has 0 fully saturated rings. The van der Waals surface area contributed by atoms with E-state index in [0.29, 0.717) is 24.5 Å². The molecule has 0 unspecified atom stereocenters. The summed E-state index contributed by atoms with van der Waals surface area (Å²) < 4.78 is 11.2. The summed E-state index contributed by atoms with van der Waals surface area (Å²) in [7, 11) is 1.60. The third kappa shape index (κ3) is 6.59. The Labute approximate surface area is 155 Å². The highest BCUT2D eigenvalue weighted by atomic mass is 16.5. The summed E-state index contributed by atoms with van der Waals surface area (Å²) in [5.41, 5.74) is 4.46. The minimum Gasteiger partial charge on any atom is -0.493 e. The van der Waals surface area contributed by atoms with Crippen LogP contribution in [0, 0.1) is 0 Å². The van der Waals surface area contributed by atoms with E-state index in [9.17, 15) is 4.79 Å². The maximum atomic E-state index is 11.6. The Morgan fingerprint density at radius 3 is 2.65 bits per heavy atom. The van der Waals surface area contributed by atoms with Gasteiger partial charge >= 0.3 is 0 Å². The second-order valence-electron chi connectivity index (χ2n) is 5.93. The van der Waals surface area contributed by atoms with Crippen LogP contribution in [-0.4, -0.2) is 19.2 Å². The molecule has 0 aromatic heterocycles. The number of amides is 1. The molecule has 1 amide bonds. The zero-order chi connectivity index (χ0) is 18.6. The highest BCUT2D eigenvalue weighted by Gasteiger charge is 2.06. The van der Waals surface area contributed by atoms with E-state index in [4.69, 9.17) is 9.47 Å². The van der Waals surface area contributed by atoms with E-state index < -0.39 is 0 Å². The van der Waals surface area contributed by atoms with Crippen LogP contribution in [0.2, 0.25) is 0 Å². The maximum Gasteiger partial charge on any atom is 0.240 e. The molecule has 0 saturated carbocycles. The monoisotopic (exact) mass is 354 g/mol. The Kier molecular flexibility index (Phi) is 8.19. The number of carbonyl (C=O) groups excluding carboxylic acids is 1. The van der Waals surface area contributed by atoms with Crippen molar-refractivity contribution in [1.29, 1.82) is 0 Å². The lowest BCUT2D eigenvalue weighted by molar-refractivity contribution is -0.121. The Bertz CT molecular complexity index is 714. The van der Waals surface area contributed by atoms with Crippen molar-refractivity contribution in [3.05, 3.63) is 59.7 Å². The number of hydrogen-bond acceptors (Lipinski definition) is 4. The van der Waals surface area contributed by atoms with Crippen LogP contribution in [0.5, 0.6) is 11.5 Å². The molecule has 5 heteroatoms. The van der Waals surface area contributed by atoms with Crippen molar-refractivity contribution < 1.29 is 14.3 Å². The maximum absolute atomic E-state index is 11.6. The number of carbonyl (C=O) groups is 1. The fraction of sp³-hybridized carbons (Fsp3) is 0.333. The lowest BCUT2D eigenvalue weighted by atomic mass is 10.2. The number of hydrazone groups is 1. The molecular formula is C21H26N2O3. The highest BCUT2D eigenvalue weighted by Crippen LogP contribution is 2.28. The molecule has 0 atom stereocenters. The topological polar surface area (TPSA) is 59.9 Å². The van der Waals surface area contributed by atoms with Crippen molar-refractivity contribution in [3.8, 4) is 11.5 Å². The third-order valence-electron chi connectivity index (χ3n) is 3.84. The molecule has 0 radical (unpaired) electrons. The van der Waals surface area contributed by atoms with Crippen molar-refractivity contribution in [2.24, 2.45) is 5.10 Å².